The molecule has 0 spiro atoms. The first-order chi connectivity index (χ1) is 5.43. The molecule has 0 N–H and O–H groups in total. The second-order valence-electron chi connectivity index (χ2n) is 2.70. The summed E-state index contributed by atoms with van der Waals surface area (Å²) in [6.45, 7) is 5.37. The Balaban J connectivity index is 2.07. The first kappa shape index (κ1) is 8.31. The molecule has 1 aliphatic heterocycles. The summed E-state index contributed by atoms with van der Waals surface area (Å²) < 4.78 is 0. The van der Waals surface area contributed by atoms with E-state index in [1.54, 1.807) is 6.20 Å². The van der Waals surface area contributed by atoms with Gasteiger partial charge in [0.15, 0.2) is 0 Å². The smallest absolute Gasteiger partial charge is 0.0910 e. The van der Waals surface area contributed by atoms with Gasteiger partial charge in [0, 0.05) is 12.7 Å². The molecule has 0 aliphatic carbocycles. The van der Waals surface area contributed by atoms with E-state index in [2.05, 4.69) is 23.4 Å². The van der Waals surface area contributed by atoms with Gasteiger partial charge >= 0.3 is 0 Å². The molecule has 0 saturated carbocycles. The summed E-state index contributed by atoms with van der Waals surface area (Å²) in [4.78, 5) is 6.15. The van der Waals surface area contributed by atoms with Crippen molar-refractivity contribution in [2.45, 2.75) is 26.2 Å². The first-order valence-electron chi connectivity index (χ1n) is 4.22. The van der Waals surface area contributed by atoms with E-state index >= 15 is 0 Å². The minimum atomic E-state index is 1.10. The number of nitrogens with zero attached hydrogens (tertiary/aromatic N) is 2. The summed E-state index contributed by atoms with van der Waals surface area (Å²) in [5, 5.41) is 0. The van der Waals surface area contributed by atoms with Crippen LogP contribution in [0.25, 0.3) is 0 Å². The molecule has 1 rings (SSSR count). The van der Waals surface area contributed by atoms with Crippen LogP contribution in [-0.2, 0) is 0 Å². The van der Waals surface area contributed by atoms with Crippen molar-refractivity contribution >= 4 is 6.34 Å². The lowest BCUT2D eigenvalue weighted by Gasteiger charge is -2.17. The molecule has 0 aromatic carbocycles. The highest BCUT2D eigenvalue weighted by molar-refractivity contribution is 5.58. The lowest BCUT2D eigenvalue weighted by molar-refractivity contribution is 0.495. The van der Waals surface area contributed by atoms with Crippen LogP contribution in [0.2, 0.25) is 0 Å². The zero-order valence-electron chi connectivity index (χ0n) is 7.03. The van der Waals surface area contributed by atoms with E-state index in [-0.39, 0.29) is 0 Å². The third-order valence-electron chi connectivity index (χ3n) is 1.68. The summed E-state index contributed by atoms with van der Waals surface area (Å²) in [7, 11) is 0. The van der Waals surface area contributed by atoms with Crippen LogP contribution >= 0.6 is 0 Å². The molecule has 0 aromatic heterocycles. The van der Waals surface area contributed by atoms with Gasteiger partial charge in [0.05, 0.1) is 12.9 Å². The summed E-state index contributed by atoms with van der Waals surface area (Å²) in [6.07, 6.45) is 9.48. The lowest BCUT2D eigenvalue weighted by Crippen LogP contribution is -2.20. The van der Waals surface area contributed by atoms with Gasteiger partial charge in [-0.15, -0.1) is 0 Å². The van der Waals surface area contributed by atoms with Crippen LogP contribution in [0, 0.1) is 6.54 Å². The summed E-state index contributed by atoms with van der Waals surface area (Å²) in [5.41, 5.74) is 0. The van der Waals surface area contributed by atoms with Crippen molar-refractivity contribution in [1.29, 1.82) is 0 Å². The van der Waals surface area contributed by atoms with Gasteiger partial charge in [-0.1, -0.05) is 19.8 Å². The van der Waals surface area contributed by atoms with Crippen LogP contribution in [0.5, 0.6) is 0 Å². The average molecular weight is 151 g/mol. The highest BCUT2D eigenvalue weighted by atomic mass is 15.1. The van der Waals surface area contributed by atoms with Gasteiger partial charge in [0.25, 0.3) is 0 Å². The van der Waals surface area contributed by atoms with E-state index in [1.807, 2.05) is 12.4 Å². The summed E-state index contributed by atoms with van der Waals surface area (Å²) >= 11 is 0. The largest absolute Gasteiger partial charge is 0.354 e. The van der Waals surface area contributed by atoms with Gasteiger partial charge in [-0.3, -0.25) is 0 Å². The number of unbranched alkanes of at least 4 members (excludes halogenated alkanes) is 2. The topological polar surface area (TPSA) is 15.6 Å². The molecule has 2 heteroatoms. The predicted molar refractivity (Wildman–Crippen MR) is 48.2 cm³/mol. The minimum absolute atomic E-state index is 1.10. The standard InChI is InChI=1S/C9H15N2/c1-2-3-4-7-11-8-5-6-10-9-11/h5-6,8-9H,2-4,7H2,1H3. The summed E-state index contributed by atoms with van der Waals surface area (Å²) in [5.74, 6) is 0. The molecule has 0 bridgehead atoms. The number of hydrogen-bond donors (Lipinski definition) is 0. The van der Waals surface area contributed by atoms with Crippen molar-refractivity contribution in [3.8, 4) is 0 Å². The van der Waals surface area contributed by atoms with Gasteiger partial charge in [-0.2, -0.15) is 0 Å². The van der Waals surface area contributed by atoms with Crippen molar-refractivity contribution in [3.05, 3.63) is 18.8 Å². The van der Waals surface area contributed by atoms with Crippen LogP contribution in [0.4, 0.5) is 0 Å². The number of hydrogen-bond acceptors (Lipinski definition) is 2. The molecule has 0 atom stereocenters. The van der Waals surface area contributed by atoms with Crippen molar-refractivity contribution in [3.63, 3.8) is 0 Å². The van der Waals surface area contributed by atoms with E-state index in [0.717, 1.165) is 6.54 Å². The Labute approximate surface area is 68.6 Å². The minimum Gasteiger partial charge on any atom is -0.354 e. The predicted octanol–water partition coefficient (Wildman–Crippen LogP) is 2.20. The highest BCUT2D eigenvalue weighted by Crippen LogP contribution is 2.02. The van der Waals surface area contributed by atoms with Gasteiger partial charge in [0.1, 0.15) is 0 Å². The van der Waals surface area contributed by atoms with E-state index in [0.29, 0.717) is 0 Å². The first-order valence-corrected chi connectivity index (χ1v) is 4.22. The van der Waals surface area contributed by atoms with Crippen LogP contribution in [0.15, 0.2) is 17.3 Å². The Kier molecular flexibility index (Phi) is 3.73. The molecule has 0 aromatic rings. The number of rotatable bonds is 4. The third kappa shape index (κ3) is 3.21. The molecule has 1 aliphatic rings. The van der Waals surface area contributed by atoms with Crippen molar-refractivity contribution in [1.82, 2.24) is 4.90 Å². The third-order valence-corrected chi connectivity index (χ3v) is 1.68. The monoisotopic (exact) mass is 151 g/mol. The molecule has 0 amide bonds. The Morgan fingerprint density at radius 3 is 2.91 bits per heavy atom. The lowest BCUT2D eigenvalue weighted by atomic mass is 10.2. The Bertz CT molecular complexity index is 150. The molecule has 0 unspecified atom stereocenters. The zero-order chi connectivity index (χ0) is 7.94. The molecular formula is C9H15N2. The van der Waals surface area contributed by atoms with Gasteiger partial charge in [-0.25, -0.2) is 4.99 Å². The van der Waals surface area contributed by atoms with E-state index in [1.165, 1.54) is 19.3 Å². The van der Waals surface area contributed by atoms with E-state index in [4.69, 9.17) is 0 Å². The Morgan fingerprint density at radius 1 is 1.36 bits per heavy atom. The maximum Gasteiger partial charge on any atom is 0.0910 e. The molecule has 0 saturated heterocycles. The van der Waals surface area contributed by atoms with Crippen molar-refractivity contribution in [2.24, 2.45) is 4.99 Å². The van der Waals surface area contributed by atoms with Crippen LogP contribution < -0.4 is 0 Å². The number of aliphatic imine (C=N–C) groups is 1. The Hall–Kier alpha value is -0.790. The molecular weight excluding hydrogens is 136 g/mol. The summed E-state index contributed by atoms with van der Waals surface area (Å²) in [6, 6.07) is 0. The molecule has 1 radical (unpaired) electrons. The van der Waals surface area contributed by atoms with Gasteiger partial charge in [0.2, 0.25) is 0 Å². The van der Waals surface area contributed by atoms with Gasteiger partial charge < -0.3 is 4.90 Å². The van der Waals surface area contributed by atoms with E-state index < -0.39 is 0 Å². The highest BCUT2D eigenvalue weighted by Gasteiger charge is 1.98. The molecule has 1 heterocycles. The maximum absolute atomic E-state index is 4.03. The second-order valence-corrected chi connectivity index (χ2v) is 2.70. The SMILES string of the molecule is CCCCCN1[CH]C=CN=C1. The fraction of sp³-hybridized carbons (Fsp3) is 0.556. The average Bonchev–Trinajstić information content (AvgIpc) is 2.07. The van der Waals surface area contributed by atoms with Crippen LogP contribution in [0.1, 0.15) is 26.2 Å². The fourth-order valence-electron chi connectivity index (χ4n) is 1.04. The molecule has 2 nitrogen and oxygen atoms in total. The van der Waals surface area contributed by atoms with Crippen LogP contribution in [-0.4, -0.2) is 17.8 Å². The van der Waals surface area contributed by atoms with Crippen molar-refractivity contribution in [2.75, 3.05) is 6.54 Å². The fourth-order valence-corrected chi connectivity index (χ4v) is 1.04. The zero-order valence-corrected chi connectivity index (χ0v) is 7.03. The normalized spacial score (nSPS) is 15.9. The maximum atomic E-state index is 4.03. The quantitative estimate of drug-likeness (QED) is 0.562. The molecule has 11 heavy (non-hydrogen) atoms. The Morgan fingerprint density at radius 2 is 2.27 bits per heavy atom. The molecule has 61 valence electrons. The van der Waals surface area contributed by atoms with Crippen molar-refractivity contribution < 1.29 is 0 Å². The van der Waals surface area contributed by atoms with Gasteiger partial charge in [-0.05, 0) is 12.5 Å². The molecule has 0 fully saturated rings. The van der Waals surface area contributed by atoms with Crippen LogP contribution in [0.3, 0.4) is 0 Å². The second kappa shape index (κ2) is 4.94. The van der Waals surface area contributed by atoms with E-state index in [9.17, 15) is 0 Å².